The van der Waals surface area contributed by atoms with Crippen LogP contribution in [-0.2, 0) is 22.9 Å². The smallest absolute Gasteiger partial charge is 0.207 e. The van der Waals surface area contributed by atoms with Gasteiger partial charge >= 0.3 is 0 Å². The highest BCUT2D eigenvalue weighted by Gasteiger charge is 2.20. The zero-order valence-corrected chi connectivity index (χ0v) is 12.9. The lowest BCUT2D eigenvalue weighted by atomic mass is 10.1. The molecule has 3 nitrogen and oxygen atoms in total. The van der Waals surface area contributed by atoms with Crippen LogP contribution in [0.4, 0.5) is 0 Å². The van der Waals surface area contributed by atoms with Gasteiger partial charge in [0.2, 0.25) is 10.0 Å². The molecule has 0 spiro atoms. The van der Waals surface area contributed by atoms with Crippen LogP contribution in [0.25, 0.3) is 0 Å². The second kappa shape index (κ2) is 5.62. The summed E-state index contributed by atoms with van der Waals surface area (Å²) in [4.78, 5) is 0.367. The van der Waals surface area contributed by atoms with Crippen LogP contribution in [0, 0.1) is 0 Å². The van der Waals surface area contributed by atoms with Gasteiger partial charge in [0.05, 0.1) is 4.90 Å². The molecule has 1 N–H and O–H groups in total. The van der Waals surface area contributed by atoms with Crippen LogP contribution in [-0.4, -0.2) is 8.42 Å². The first kappa shape index (κ1) is 14.3. The van der Waals surface area contributed by atoms with Crippen LogP contribution < -0.4 is 4.72 Å². The number of rotatable bonds is 4. The Kier molecular flexibility index (Phi) is 3.83. The van der Waals surface area contributed by atoms with E-state index in [9.17, 15) is 8.42 Å². The summed E-state index contributed by atoms with van der Waals surface area (Å²) >= 11 is 0. The van der Waals surface area contributed by atoms with Crippen LogP contribution in [0.1, 0.15) is 36.1 Å². The quantitative estimate of drug-likeness (QED) is 0.942. The van der Waals surface area contributed by atoms with Crippen molar-refractivity contribution in [3.63, 3.8) is 0 Å². The second-order valence-electron chi connectivity index (χ2n) is 5.54. The molecular weight excluding hydrogens is 282 g/mol. The highest BCUT2D eigenvalue weighted by Crippen LogP contribution is 2.25. The molecule has 3 rings (SSSR count). The van der Waals surface area contributed by atoms with E-state index in [2.05, 4.69) is 4.72 Å². The Balaban J connectivity index is 1.84. The normalized spacial score (nSPS) is 15.7. The van der Waals surface area contributed by atoms with E-state index in [4.69, 9.17) is 0 Å². The van der Waals surface area contributed by atoms with Crippen molar-refractivity contribution in [3.8, 4) is 0 Å². The molecule has 4 heteroatoms. The average molecular weight is 301 g/mol. The first-order valence-corrected chi connectivity index (χ1v) is 8.74. The van der Waals surface area contributed by atoms with Gasteiger partial charge in [-0.2, -0.15) is 0 Å². The maximum absolute atomic E-state index is 12.5. The third kappa shape index (κ3) is 3.01. The van der Waals surface area contributed by atoms with Crippen LogP contribution in [0.15, 0.2) is 53.4 Å². The van der Waals surface area contributed by atoms with Crippen molar-refractivity contribution >= 4 is 10.0 Å². The summed E-state index contributed by atoms with van der Waals surface area (Å²) in [5, 5.41) is 0. The van der Waals surface area contributed by atoms with Crippen LogP contribution in [0.2, 0.25) is 0 Å². The lowest BCUT2D eigenvalue weighted by Gasteiger charge is -2.15. The highest BCUT2D eigenvalue weighted by atomic mass is 32.2. The van der Waals surface area contributed by atoms with Crippen molar-refractivity contribution in [2.24, 2.45) is 0 Å². The van der Waals surface area contributed by atoms with Crippen molar-refractivity contribution in [2.75, 3.05) is 0 Å². The molecule has 0 fully saturated rings. The van der Waals surface area contributed by atoms with Crippen LogP contribution in [0.5, 0.6) is 0 Å². The van der Waals surface area contributed by atoms with Gasteiger partial charge in [0.15, 0.2) is 0 Å². The third-order valence-corrected chi connectivity index (χ3v) is 5.55. The van der Waals surface area contributed by atoms with E-state index in [1.54, 1.807) is 6.07 Å². The molecule has 0 unspecified atom stereocenters. The van der Waals surface area contributed by atoms with Crippen molar-refractivity contribution in [1.29, 1.82) is 0 Å². The number of sulfonamides is 1. The number of fused-ring (bicyclic) bond motifs is 1. The summed E-state index contributed by atoms with van der Waals surface area (Å²) in [7, 11) is -3.48. The van der Waals surface area contributed by atoms with Crippen LogP contribution in [0.3, 0.4) is 0 Å². The second-order valence-corrected chi connectivity index (χ2v) is 7.25. The molecular formula is C17H19NO2S. The van der Waals surface area contributed by atoms with E-state index < -0.39 is 10.0 Å². The number of aryl methyl sites for hydroxylation is 2. The zero-order chi connectivity index (χ0) is 14.9. The molecule has 0 aromatic heterocycles. The molecule has 0 radical (unpaired) electrons. The maximum Gasteiger partial charge on any atom is 0.241 e. The summed E-state index contributed by atoms with van der Waals surface area (Å²) in [5.74, 6) is 0. The fraction of sp³-hybridized carbons (Fsp3) is 0.294. The minimum Gasteiger partial charge on any atom is -0.207 e. The zero-order valence-electron chi connectivity index (χ0n) is 12.0. The monoisotopic (exact) mass is 301 g/mol. The van der Waals surface area contributed by atoms with E-state index in [0.717, 1.165) is 24.8 Å². The molecule has 21 heavy (non-hydrogen) atoms. The minimum atomic E-state index is -3.48. The summed E-state index contributed by atoms with van der Waals surface area (Å²) < 4.78 is 27.8. The maximum atomic E-state index is 12.5. The molecule has 0 saturated heterocycles. The molecule has 0 amide bonds. The topological polar surface area (TPSA) is 46.2 Å². The van der Waals surface area contributed by atoms with Gasteiger partial charge in [-0.05, 0) is 55.0 Å². The molecule has 0 bridgehead atoms. The number of hydrogen-bond acceptors (Lipinski definition) is 2. The minimum absolute atomic E-state index is 0.246. The summed E-state index contributed by atoms with van der Waals surface area (Å²) in [6, 6.07) is 14.8. The van der Waals surface area contributed by atoms with Gasteiger partial charge in [-0.1, -0.05) is 36.4 Å². The Morgan fingerprint density at radius 2 is 1.71 bits per heavy atom. The molecule has 0 aliphatic heterocycles. The van der Waals surface area contributed by atoms with Gasteiger partial charge in [0, 0.05) is 6.04 Å². The summed E-state index contributed by atoms with van der Waals surface area (Å²) in [6.07, 6.45) is 3.16. The predicted molar refractivity (Wildman–Crippen MR) is 83.6 cm³/mol. The largest absolute Gasteiger partial charge is 0.241 e. The molecule has 1 atom stereocenters. The van der Waals surface area contributed by atoms with Gasteiger partial charge in [-0.25, -0.2) is 13.1 Å². The standard InChI is InChI=1S/C17H19NO2S/c1-13(14-6-3-2-4-7-14)18-21(19,20)17-11-10-15-8-5-9-16(15)12-17/h2-4,6-7,10-13,18H,5,8-9H2,1H3/t13-/m1/s1. The lowest BCUT2D eigenvalue weighted by Crippen LogP contribution is -2.27. The van der Waals surface area contributed by atoms with E-state index in [0.29, 0.717) is 4.90 Å². The summed E-state index contributed by atoms with van der Waals surface area (Å²) in [6.45, 7) is 1.86. The molecule has 2 aromatic carbocycles. The van der Waals surface area contributed by atoms with Crippen molar-refractivity contribution in [3.05, 3.63) is 65.2 Å². The average Bonchev–Trinajstić information content (AvgIpc) is 2.95. The SMILES string of the molecule is C[C@@H](NS(=O)(=O)c1ccc2c(c1)CCC2)c1ccccc1. The van der Waals surface area contributed by atoms with Gasteiger partial charge in [0.1, 0.15) is 0 Å². The Hall–Kier alpha value is -1.65. The lowest BCUT2D eigenvalue weighted by molar-refractivity contribution is 0.567. The fourth-order valence-electron chi connectivity index (χ4n) is 2.83. The predicted octanol–water partition coefficient (Wildman–Crippen LogP) is 3.21. The van der Waals surface area contributed by atoms with Gasteiger partial charge in [0.25, 0.3) is 0 Å². The molecule has 2 aromatic rings. The third-order valence-electron chi connectivity index (χ3n) is 4.01. The highest BCUT2D eigenvalue weighted by molar-refractivity contribution is 7.89. The van der Waals surface area contributed by atoms with Crippen molar-refractivity contribution < 1.29 is 8.42 Å². The van der Waals surface area contributed by atoms with E-state index in [1.165, 1.54) is 11.1 Å². The van der Waals surface area contributed by atoms with Crippen LogP contribution >= 0.6 is 0 Å². The first-order valence-electron chi connectivity index (χ1n) is 7.25. The Bertz CT molecular complexity index is 739. The summed E-state index contributed by atoms with van der Waals surface area (Å²) in [5.41, 5.74) is 3.41. The van der Waals surface area contributed by atoms with Crippen molar-refractivity contribution in [2.45, 2.75) is 37.1 Å². The van der Waals surface area contributed by atoms with E-state index in [1.807, 2.05) is 49.4 Å². The van der Waals surface area contributed by atoms with Crippen molar-refractivity contribution in [1.82, 2.24) is 4.72 Å². The fourth-order valence-corrected chi connectivity index (χ4v) is 4.11. The Morgan fingerprint density at radius 1 is 1.00 bits per heavy atom. The first-order chi connectivity index (χ1) is 10.1. The number of benzene rings is 2. The Morgan fingerprint density at radius 3 is 2.48 bits per heavy atom. The molecule has 0 heterocycles. The van der Waals surface area contributed by atoms with E-state index >= 15 is 0 Å². The number of hydrogen-bond donors (Lipinski definition) is 1. The number of nitrogens with one attached hydrogen (secondary N) is 1. The van der Waals surface area contributed by atoms with Gasteiger partial charge < -0.3 is 0 Å². The van der Waals surface area contributed by atoms with E-state index in [-0.39, 0.29) is 6.04 Å². The molecule has 1 aliphatic carbocycles. The molecule has 0 saturated carbocycles. The van der Waals surface area contributed by atoms with Gasteiger partial charge in [-0.15, -0.1) is 0 Å². The molecule has 110 valence electrons. The Labute approximate surface area is 126 Å². The van der Waals surface area contributed by atoms with Gasteiger partial charge in [-0.3, -0.25) is 0 Å². The molecule has 1 aliphatic rings.